The van der Waals surface area contributed by atoms with Crippen molar-refractivity contribution < 1.29 is 5.11 Å². The fraction of sp³-hybridized carbons (Fsp3) is 0.533. The van der Waals surface area contributed by atoms with Gasteiger partial charge in [-0.25, -0.2) is 4.98 Å². The Morgan fingerprint density at radius 3 is 3.00 bits per heavy atom. The first-order valence-corrected chi connectivity index (χ1v) is 6.81. The van der Waals surface area contributed by atoms with E-state index in [9.17, 15) is 5.11 Å². The van der Waals surface area contributed by atoms with Gasteiger partial charge in [-0.3, -0.25) is 0 Å². The third-order valence-electron chi connectivity index (χ3n) is 4.06. The lowest BCUT2D eigenvalue weighted by Crippen LogP contribution is -2.27. The number of aliphatic hydroxyl groups is 1. The van der Waals surface area contributed by atoms with Gasteiger partial charge < -0.3 is 14.7 Å². The van der Waals surface area contributed by atoms with Gasteiger partial charge in [0.2, 0.25) is 0 Å². The van der Waals surface area contributed by atoms with Crippen molar-refractivity contribution in [1.29, 1.82) is 0 Å². The Kier molecular flexibility index (Phi) is 2.78. The Morgan fingerprint density at radius 1 is 1.53 bits per heavy atom. The van der Waals surface area contributed by atoms with Gasteiger partial charge in [-0.15, -0.1) is 0 Å². The van der Waals surface area contributed by atoms with Crippen molar-refractivity contribution in [2.24, 2.45) is 5.41 Å². The maximum atomic E-state index is 10.3. The number of aromatic nitrogens is 3. The van der Waals surface area contributed by atoms with Gasteiger partial charge in [0.05, 0.1) is 12.6 Å². The molecule has 0 saturated carbocycles. The number of aliphatic hydroxyl groups excluding tert-OH is 1. The molecular formula is C15H21N3O. The molecule has 2 heterocycles. The van der Waals surface area contributed by atoms with Crippen LogP contribution in [0.15, 0.2) is 18.5 Å². The molecule has 2 aromatic heterocycles. The largest absolute Gasteiger partial charge is 0.388 e. The van der Waals surface area contributed by atoms with Crippen LogP contribution in [0.1, 0.15) is 49.1 Å². The predicted molar refractivity (Wildman–Crippen MR) is 73.9 cm³/mol. The normalized spacial score (nSPS) is 21.4. The van der Waals surface area contributed by atoms with E-state index in [1.54, 1.807) is 6.20 Å². The predicted octanol–water partition coefficient (Wildman–Crippen LogP) is 2.57. The number of fused-ring (bicyclic) bond motifs is 1. The highest BCUT2D eigenvalue weighted by molar-refractivity contribution is 5.33. The number of aryl methyl sites for hydroxylation is 1. The van der Waals surface area contributed by atoms with Crippen LogP contribution in [-0.4, -0.2) is 19.6 Å². The van der Waals surface area contributed by atoms with E-state index in [1.807, 2.05) is 6.20 Å². The molecule has 0 bridgehead atoms. The molecule has 1 aliphatic rings. The van der Waals surface area contributed by atoms with Crippen LogP contribution in [0, 0.1) is 12.3 Å². The van der Waals surface area contributed by atoms with Crippen LogP contribution in [0.5, 0.6) is 0 Å². The zero-order valence-electron chi connectivity index (χ0n) is 11.8. The zero-order valence-corrected chi connectivity index (χ0v) is 11.8. The lowest BCUT2D eigenvalue weighted by Gasteiger charge is -2.33. The molecule has 2 aromatic rings. The molecule has 1 atom stereocenters. The SMILES string of the molecule is Cc1cc2c(n1Cc1ncc[nH]1)CC(C)(C)CC2O. The first-order valence-electron chi connectivity index (χ1n) is 6.81. The maximum Gasteiger partial charge on any atom is 0.126 e. The molecule has 19 heavy (non-hydrogen) atoms. The molecule has 0 radical (unpaired) electrons. The molecule has 0 fully saturated rings. The Morgan fingerprint density at radius 2 is 2.32 bits per heavy atom. The van der Waals surface area contributed by atoms with Gasteiger partial charge >= 0.3 is 0 Å². The average molecular weight is 259 g/mol. The van der Waals surface area contributed by atoms with Crippen molar-refractivity contribution in [1.82, 2.24) is 14.5 Å². The Balaban J connectivity index is 2.02. The molecule has 1 unspecified atom stereocenters. The third-order valence-corrected chi connectivity index (χ3v) is 4.06. The summed E-state index contributed by atoms with van der Waals surface area (Å²) in [6.07, 6.45) is 5.13. The van der Waals surface area contributed by atoms with Crippen molar-refractivity contribution in [3.63, 3.8) is 0 Å². The summed E-state index contributed by atoms with van der Waals surface area (Å²) in [5.74, 6) is 0.958. The van der Waals surface area contributed by atoms with E-state index in [0.29, 0.717) is 0 Å². The van der Waals surface area contributed by atoms with Crippen molar-refractivity contribution in [3.8, 4) is 0 Å². The summed E-state index contributed by atoms with van der Waals surface area (Å²) < 4.78 is 2.28. The minimum atomic E-state index is -0.338. The zero-order chi connectivity index (χ0) is 13.6. The highest BCUT2D eigenvalue weighted by Gasteiger charge is 2.34. The van der Waals surface area contributed by atoms with E-state index in [4.69, 9.17) is 0 Å². The second kappa shape index (κ2) is 4.23. The standard InChI is InChI=1S/C15H21N3O/c1-10-6-11-12(7-15(2,3)8-13(11)19)18(10)9-14-16-4-5-17-14/h4-6,13,19H,7-9H2,1-3H3,(H,16,17). The van der Waals surface area contributed by atoms with Crippen LogP contribution in [0.3, 0.4) is 0 Å². The van der Waals surface area contributed by atoms with Gasteiger partial charge in [0.15, 0.2) is 0 Å². The number of H-pyrrole nitrogens is 1. The number of hydrogen-bond acceptors (Lipinski definition) is 2. The molecule has 0 amide bonds. The Hall–Kier alpha value is -1.55. The van der Waals surface area contributed by atoms with E-state index in [1.165, 1.54) is 11.4 Å². The van der Waals surface area contributed by atoms with E-state index in [-0.39, 0.29) is 11.5 Å². The molecule has 0 aliphatic heterocycles. The van der Waals surface area contributed by atoms with Gasteiger partial charge in [-0.1, -0.05) is 13.8 Å². The number of nitrogens with one attached hydrogen (secondary N) is 1. The molecule has 0 saturated heterocycles. The number of nitrogens with zero attached hydrogens (tertiary/aromatic N) is 2. The number of rotatable bonds is 2. The monoisotopic (exact) mass is 259 g/mol. The number of aromatic amines is 1. The van der Waals surface area contributed by atoms with Gasteiger partial charge in [-0.05, 0) is 31.2 Å². The summed E-state index contributed by atoms with van der Waals surface area (Å²) in [5.41, 5.74) is 3.71. The van der Waals surface area contributed by atoms with Crippen molar-refractivity contribution >= 4 is 0 Å². The van der Waals surface area contributed by atoms with Crippen molar-refractivity contribution in [2.75, 3.05) is 0 Å². The molecule has 1 aliphatic carbocycles. The minimum Gasteiger partial charge on any atom is -0.388 e. The quantitative estimate of drug-likeness (QED) is 0.871. The van der Waals surface area contributed by atoms with Crippen LogP contribution >= 0.6 is 0 Å². The first kappa shape index (κ1) is 12.5. The van der Waals surface area contributed by atoms with Crippen LogP contribution < -0.4 is 0 Å². The summed E-state index contributed by atoms with van der Waals surface area (Å²) >= 11 is 0. The summed E-state index contributed by atoms with van der Waals surface area (Å²) in [6.45, 7) is 7.29. The molecule has 4 nitrogen and oxygen atoms in total. The molecule has 0 spiro atoms. The highest BCUT2D eigenvalue weighted by atomic mass is 16.3. The number of hydrogen-bond donors (Lipinski definition) is 2. The van der Waals surface area contributed by atoms with E-state index >= 15 is 0 Å². The van der Waals surface area contributed by atoms with Crippen LogP contribution in [-0.2, 0) is 13.0 Å². The lowest BCUT2D eigenvalue weighted by atomic mass is 9.75. The van der Waals surface area contributed by atoms with Crippen molar-refractivity contribution in [2.45, 2.75) is 46.3 Å². The summed E-state index contributed by atoms with van der Waals surface area (Å²) in [5, 5.41) is 10.3. The fourth-order valence-electron chi connectivity index (χ4n) is 3.15. The molecule has 2 N–H and O–H groups in total. The second-order valence-electron chi connectivity index (χ2n) is 6.37. The molecular weight excluding hydrogens is 238 g/mol. The lowest BCUT2D eigenvalue weighted by molar-refractivity contribution is 0.0980. The van der Waals surface area contributed by atoms with Gasteiger partial charge in [-0.2, -0.15) is 0 Å². The van der Waals surface area contributed by atoms with E-state index < -0.39 is 0 Å². The minimum absolute atomic E-state index is 0.151. The highest BCUT2D eigenvalue weighted by Crippen LogP contribution is 2.41. The average Bonchev–Trinajstić information content (AvgIpc) is 2.90. The Bertz CT molecular complexity index is 581. The van der Waals surface area contributed by atoms with E-state index in [0.717, 1.165) is 30.8 Å². The van der Waals surface area contributed by atoms with Gasteiger partial charge in [0, 0.05) is 29.3 Å². The topological polar surface area (TPSA) is 53.8 Å². The number of imidazole rings is 1. The summed E-state index contributed by atoms with van der Waals surface area (Å²) in [7, 11) is 0. The summed E-state index contributed by atoms with van der Waals surface area (Å²) in [6, 6.07) is 2.12. The van der Waals surface area contributed by atoms with Crippen molar-refractivity contribution in [3.05, 3.63) is 41.2 Å². The molecule has 0 aromatic carbocycles. The first-order chi connectivity index (χ1) is 8.96. The fourth-order valence-corrected chi connectivity index (χ4v) is 3.15. The Labute approximate surface area is 113 Å². The molecule has 102 valence electrons. The van der Waals surface area contributed by atoms with E-state index in [2.05, 4.69) is 41.4 Å². The summed E-state index contributed by atoms with van der Waals surface area (Å²) in [4.78, 5) is 7.44. The van der Waals surface area contributed by atoms with Gasteiger partial charge in [0.1, 0.15) is 5.82 Å². The van der Waals surface area contributed by atoms with Crippen LogP contribution in [0.2, 0.25) is 0 Å². The van der Waals surface area contributed by atoms with Gasteiger partial charge in [0.25, 0.3) is 0 Å². The van der Waals surface area contributed by atoms with Crippen LogP contribution in [0.25, 0.3) is 0 Å². The second-order valence-corrected chi connectivity index (χ2v) is 6.37. The molecule has 3 rings (SSSR count). The molecule has 4 heteroatoms. The maximum absolute atomic E-state index is 10.3. The third kappa shape index (κ3) is 2.21. The van der Waals surface area contributed by atoms with Crippen LogP contribution in [0.4, 0.5) is 0 Å². The smallest absolute Gasteiger partial charge is 0.126 e.